The van der Waals surface area contributed by atoms with Crippen LogP contribution in [0.1, 0.15) is 71.4 Å². The largest absolute Gasteiger partial charge is 0.375 e. The second-order valence-corrected chi connectivity index (χ2v) is 6.93. The van der Waals surface area contributed by atoms with Crippen LogP contribution in [0.2, 0.25) is 0 Å². The van der Waals surface area contributed by atoms with Crippen LogP contribution in [0.15, 0.2) is 24.3 Å². The van der Waals surface area contributed by atoms with Gasteiger partial charge in [0.15, 0.2) is 0 Å². The van der Waals surface area contributed by atoms with E-state index in [4.69, 9.17) is 17.0 Å². The van der Waals surface area contributed by atoms with E-state index in [1.807, 2.05) is 20.8 Å². The van der Waals surface area contributed by atoms with Crippen molar-refractivity contribution in [1.82, 2.24) is 4.90 Å². The predicted octanol–water partition coefficient (Wildman–Crippen LogP) is 6.20. The summed E-state index contributed by atoms with van der Waals surface area (Å²) in [6.07, 6.45) is 6.54. The fourth-order valence-corrected chi connectivity index (χ4v) is 2.82. The fraction of sp³-hybridized carbons (Fsp3) is 0.682. The molecular weight excluding hydrogens is 326 g/mol. The maximum absolute atomic E-state index is 5.66. The van der Waals surface area contributed by atoms with Gasteiger partial charge in [0.05, 0.1) is 17.7 Å². The number of hydrogen-bond acceptors (Lipinski definition) is 2. The molecule has 1 unspecified atom stereocenters. The molecule has 2 rings (SSSR count). The Bertz CT molecular complexity index is 444. The van der Waals surface area contributed by atoms with Gasteiger partial charge in [-0.05, 0) is 32.3 Å². The number of rotatable bonds is 5. The zero-order valence-electron chi connectivity index (χ0n) is 17.3. The van der Waals surface area contributed by atoms with Gasteiger partial charge in [-0.3, -0.25) is 0 Å². The lowest BCUT2D eigenvalue weighted by molar-refractivity contribution is -0.0101. The van der Waals surface area contributed by atoms with E-state index in [1.54, 1.807) is 0 Å². The number of thiocarbonyl (C=S) groups is 1. The van der Waals surface area contributed by atoms with Crippen LogP contribution in [0.5, 0.6) is 0 Å². The molecule has 144 valence electrons. The lowest BCUT2D eigenvalue weighted by Gasteiger charge is -2.33. The first-order valence-corrected chi connectivity index (χ1v) is 10.4. The van der Waals surface area contributed by atoms with Crippen molar-refractivity contribution in [3.8, 4) is 0 Å². The third-order valence-corrected chi connectivity index (χ3v) is 4.38. The molecule has 1 fully saturated rings. The minimum Gasteiger partial charge on any atom is -0.375 e. The molecule has 0 aliphatic carbocycles. The molecule has 1 aromatic rings. The molecule has 0 N–H and O–H groups in total. The van der Waals surface area contributed by atoms with E-state index in [0.29, 0.717) is 6.10 Å². The van der Waals surface area contributed by atoms with E-state index in [9.17, 15) is 0 Å². The normalized spacial score (nSPS) is 16.2. The molecule has 1 heterocycles. The van der Waals surface area contributed by atoms with E-state index in [-0.39, 0.29) is 0 Å². The van der Waals surface area contributed by atoms with E-state index < -0.39 is 0 Å². The maximum Gasteiger partial charge on any atom is 0.0751 e. The average Bonchev–Trinajstić information content (AvgIpc) is 2.64. The third kappa shape index (κ3) is 11.3. The van der Waals surface area contributed by atoms with Gasteiger partial charge in [0.1, 0.15) is 0 Å². The van der Waals surface area contributed by atoms with E-state index in [1.165, 1.54) is 43.2 Å². The number of morpholine rings is 1. The first-order chi connectivity index (χ1) is 12.1. The van der Waals surface area contributed by atoms with Gasteiger partial charge in [-0.15, -0.1) is 0 Å². The standard InChI is InChI=1S/C10H19NOS.C10H14.C2H6/c1-3-4-5-10-8-11(9(2)13)6-7-12-10;1-3-4-10-7-5-9(2)6-8-10;1-2/h10H,3-8H2,1-2H3;5-8H,3-4H2,1-2H3;1-2H3. The van der Waals surface area contributed by atoms with E-state index >= 15 is 0 Å². The number of unbranched alkanes of at least 4 members (excludes halogenated alkanes) is 1. The van der Waals surface area contributed by atoms with Crippen molar-refractivity contribution in [3.63, 3.8) is 0 Å². The van der Waals surface area contributed by atoms with Gasteiger partial charge in [0, 0.05) is 13.1 Å². The Hall–Kier alpha value is -0.930. The summed E-state index contributed by atoms with van der Waals surface area (Å²) in [5.74, 6) is 0. The molecule has 1 aliphatic rings. The molecule has 1 saturated heterocycles. The van der Waals surface area contributed by atoms with Gasteiger partial charge in [-0.2, -0.15) is 0 Å². The molecule has 2 nitrogen and oxygen atoms in total. The fourth-order valence-electron chi connectivity index (χ4n) is 2.66. The van der Waals surface area contributed by atoms with Crippen molar-refractivity contribution in [3.05, 3.63) is 35.4 Å². The zero-order chi connectivity index (χ0) is 19.1. The Kier molecular flexibility index (Phi) is 14.8. The molecule has 0 aromatic heterocycles. The van der Waals surface area contributed by atoms with E-state index in [0.717, 1.165) is 24.7 Å². The molecule has 3 heteroatoms. The van der Waals surface area contributed by atoms with Crippen molar-refractivity contribution < 1.29 is 4.74 Å². The van der Waals surface area contributed by atoms with Crippen molar-refractivity contribution in [2.24, 2.45) is 0 Å². The number of nitrogens with zero attached hydrogens (tertiary/aromatic N) is 1. The summed E-state index contributed by atoms with van der Waals surface area (Å²) >= 11 is 5.15. The summed E-state index contributed by atoms with van der Waals surface area (Å²) in [4.78, 5) is 3.25. The molecule has 0 saturated carbocycles. The molecule has 1 aliphatic heterocycles. The predicted molar refractivity (Wildman–Crippen MR) is 116 cm³/mol. The highest BCUT2D eigenvalue weighted by atomic mass is 32.1. The third-order valence-electron chi connectivity index (χ3n) is 4.12. The summed E-state index contributed by atoms with van der Waals surface area (Å²) < 4.78 is 5.66. The Morgan fingerprint density at radius 3 is 2.32 bits per heavy atom. The highest BCUT2D eigenvalue weighted by Crippen LogP contribution is 2.12. The van der Waals surface area contributed by atoms with Crippen LogP contribution in [0.3, 0.4) is 0 Å². The molecule has 25 heavy (non-hydrogen) atoms. The minimum absolute atomic E-state index is 0.409. The van der Waals surface area contributed by atoms with Gasteiger partial charge >= 0.3 is 0 Å². The lowest BCUT2D eigenvalue weighted by atomic mass is 10.1. The molecule has 1 aromatic carbocycles. The van der Waals surface area contributed by atoms with Crippen molar-refractivity contribution in [2.45, 2.75) is 79.8 Å². The molecule has 0 spiro atoms. The summed E-state index contributed by atoms with van der Waals surface area (Å²) in [5, 5.41) is 0. The van der Waals surface area contributed by atoms with Crippen LogP contribution in [0.4, 0.5) is 0 Å². The molecule has 1 atom stereocenters. The van der Waals surface area contributed by atoms with Crippen molar-refractivity contribution in [1.29, 1.82) is 0 Å². The summed E-state index contributed by atoms with van der Waals surface area (Å²) in [7, 11) is 0. The molecule has 0 amide bonds. The van der Waals surface area contributed by atoms with Crippen LogP contribution in [0, 0.1) is 6.92 Å². The highest BCUT2D eigenvalue weighted by molar-refractivity contribution is 7.80. The first-order valence-electron chi connectivity index (χ1n) is 9.99. The molecule has 0 radical (unpaired) electrons. The Balaban J connectivity index is 0.000000430. The monoisotopic (exact) mass is 365 g/mol. The highest BCUT2D eigenvalue weighted by Gasteiger charge is 2.19. The van der Waals surface area contributed by atoms with Crippen LogP contribution < -0.4 is 0 Å². The first kappa shape index (κ1) is 24.1. The van der Waals surface area contributed by atoms with Gasteiger partial charge in [0.25, 0.3) is 0 Å². The molecule has 0 bridgehead atoms. The smallest absolute Gasteiger partial charge is 0.0751 e. The number of aryl methyl sites for hydroxylation is 2. The van der Waals surface area contributed by atoms with Crippen LogP contribution in [-0.4, -0.2) is 35.7 Å². The summed E-state index contributed by atoms with van der Waals surface area (Å²) in [6, 6.07) is 8.76. The second kappa shape index (κ2) is 15.3. The maximum atomic E-state index is 5.66. The second-order valence-electron chi connectivity index (χ2n) is 6.34. The minimum atomic E-state index is 0.409. The van der Waals surface area contributed by atoms with Gasteiger partial charge in [-0.25, -0.2) is 0 Å². The van der Waals surface area contributed by atoms with E-state index in [2.05, 4.69) is 49.9 Å². The van der Waals surface area contributed by atoms with Crippen LogP contribution in [-0.2, 0) is 11.2 Å². The SMILES string of the molecule is CC.CCCCC1CN(C(C)=S)CCO1.CCCc1ccc(C)cc1. The van der Waals surface area contributed by atoms with Gasteiger partial charge < -0.3 is 9.64 Å². The van der Waals surface area contributed by atoms with Crippen LogP contribution >= 0.6 is 12.2 Å². The van der Waals surface area contributed by atoms with Crippen molar-refractivity contribution in [2.75, 3.05) is 19.7 Å². The van der Waals surface area contributed by atoms with Gasteiger partial charge in [0.2, 0.25) is 0 Å². The quantitative estimate of drug-likeness (QED) is 0.577. The molecular formula is C22H39NOS. The Morgan fingerprint density at radius 2 is 1.80 bits per heavy atom. The van der Waals surface area contributed by atoms with Gasteiger partial charge in [-0.1, -0.05) is 89.0 Å². The van der Waals surface area contributed by atoms with Crippen molar-refractivity contribution >= 4 is 17.2 Å². The summed E-state index contributed by atoms with van der Waals surface area (Å²) in [5.41, 5.74) is 2.80. The topological polar surface area (TPSA) is 12.5 Å². The Morgan fingerprint density at radius 1 is 1.16 bits per heavy atom. The summed E-state index contributed by atoms with van der Waals surface area (Å²) in [6.45, 7) is 15.3. The number of benzene rings is 1. The van der Waals surface area contributed by atoms with Crippen LogP contribution in [0.25, 0.3) is 0 Å². The number of hydrogen-bond donors (Lipinski definition) is 0. The Labute approximate surface area is 162 Å². The zero-order valence-corrected chi connectivity index (χ0v) is 18.1. The average molecular weight is 366 g/mol. The lowest BCUT2D eigenvalue weighted by Crippen LogP contribution is -2.44. The number of ether oxygens (including phenoxy) is 1.